The molecule has 0 radical (unpaired) electrons. The first kappa shape index (κ1) is 9.48. The minimum Gasteiger partial charge on any atom is -0.465 e. The highest BCUT2D eigenvalue weighted by atomic mass is 16.7. The standard InChI is InChI=1S/C8H14O4/c1-6-4-3-5-8(10,12-6)7(9)11-2/h6,10H,3-5H2,1-2H3/t6-,8-/m1/s1. The fraction of sp³-hybridized carbons (Fsp3) is 0.875. The highest BCUT2D eigenvalue weighted by molar-refractivity contribution is 5.77. The minimum absolute atomic E-state index is 0.0807. The molecular formula is C8H14O4. The lowest BCUT2D eigenvalue weighted by molar-refractivity contribution is -0.255. The first-order valence-corrected chi connectivity index (χ1v) is 4.07. The van der Waals surface area contributed by atoms with E-state index in [1.165, 1.54) is 7.11 Å². The molecule has 4 heteroatoms. The Hall–Kier alpha value is -0.610. The molecule has 0 unspecified atom stereocenters. The van der Waals surface area contributed by atoms with Gasteiger partial charge in [0.25, 0.3) is 5.79 Å². The van der Waals surface area contributed by atoms with Crippen LogP contribution in [0.3, 0.4) is 0 Å². The van der Waals surface area contributed by atoms with Gasteiger partial charge in [-0.1, -0.05) is 0 Å². The zero-order valence-electron chi connectivity index (χ0n) is 7.37. The molecule has 1 N–H and O–H groups in total. The SMILES string of the molecule is COC(=O)[C@@]1(O)CCC[C@@H](C)O1. The van der Waals surface area contributed by atoms with Crippen LogP contribution >= 0.6 is 0 Å². The van der Waals surface area contributed by atoms with Gasteiger partial charge in [0.2, 0.25) is 0 Å². The largest absolute Gasteiger partial charge is 0.465 e. The second-order valence-electron chi connectivity index (χ2n) is 3.10. The number of carbonyl (C=O) groups is 1. The van der Waals surface area contributed by atoms with Gasteiger partial charge >= 0.3 is 5.97 Å². The van der Waals surface area contributed by atoms with Crippen LogP contribution in [0.25, 0.3) is 0 Å². The average molecular weight is 174 g/mol. The third-order valence-electron chi connectivity index (χ3n) is 2.03. The van der Waals surface area contributed by atoms with Crippen LogP contribution in [0.15, 0.2) is 0 Å². The summed E-state index contributed by atoms with van der Waals surface area (Å²) in [5, 5.41) is 9.61. The van der Waals surface area contributed by atoms with Crippen LogP contribution in [0.5, 0.6) is 0 Å². The Morgan fingerprint density at radius 1 is 1.75 bits per heavy atom. The number of aliphatic hydroxyl groups is 1. The van der Waals surface area contributed by atoms with Crippen molar-refractivity contribution in [3.63, 3.8) is 0 Å². The van der Waals surface area contributed by atoms with Gasteiger partial charge in [0.15, 0.2) is 0 Å². The molecule has 1 aliphatic heterocycles. The van der Waals surface area contributed by atoms with Crippen LogP contribution in [-0.4, -0.2) is 30.1 Å². The fourth-order valence-electron chi connectivity index (χ4n) is 1.39. The Morgan fingerprint density at radius 3 is 2.92 bits per heavy atom. The van der Waals surface area contributed by atoms with Gasteiger partial charge in [-0.2, -0.15) is 0 Å². The maximum Gasteiger partial charge on any atom is 0.366 e. The van der Waals surface area contributed by atoms with Gasteiger partial charge in [-0.05, 0) is 19.8 Å². The van der Waals surface area contributed by atoms with E-state index in [4.69, 9.17) is 4.74 Å². The summed E-state index contributed by atoms with van der Waals surface area (Å²) in [4.78, 5) is 11.0. The van der Waals surface area contributed by atoms with Gasteiger partial charge in [0.05, 0.1) is 13.2 Å². The summed E-state index contributed by atoms with van der Waals surface area (Å²) < 4.78 is 9.53. The van der Waals surface area contributed by atoms with E-state index in [-0.39, 0.29) is 6.10 Å². The normalized spacial score (nSPS) is 36.1. The number of hydrogen-bond donors (Lipinski definition) is 1. The zero-order valence-corrected chi connectivity index (χ0v) is 7.37. The molecule has 1 aliphatic rings. The molecule has 0 saturated carbocycles. The second kappa shape index (κ2) is 3.41. The number of carbonyl (C=O) groups excluding carboxylic acids is 1. The van der Waals surface area contributed by atoms with Gasteiger partial charge in [0, 0.05) is 6.42 Å². The number of ether oxygens (including phenoxy) is 2. The molecule has 12 heavy (non-hydrogen) atoms. The van der Waals surface area contributed by atoms with Crippen LogP contribution in [0, 0.1) is 0 Å². The monoisotopic (exact) mass is 174 g/mol. The van der Waals surface area contributed by atoms with Crippen molar-refractivity contribution in [3.8, 4) is 0 Å². The first-order chi connectivity index (χ1) is 5.58. The van der Waals surface area contributed by atoms with Crippen molar-refractivity contribution >= 4 is 5.97 Å². The van der Waals surface area contributed by atoms with Crippen LogP contribution in [-0.2, 0) is 14.3 Å². The summed E-state index contributed by atoms with van der Waals surface area (Å²) in [5.74, 6) is -2.40. The predicted molar refractivity (Wildman–Crippen MR) is 41.4 cm³/mol. The number of esters is 1. The predicted octanol–water partition coefficient (Wildman–Crippen LogP) is 0.437. The highest BCUT2D eigenvalue weighted by Crippen LogP contribution is 2.27. The smallest absolute Gasteiger partial charge is 0.366 e. The molecule has 0 aliphatic carbocycles. The lowest BCUT2D eigenvalue weighted by Gasteiger charge is -2.32. The van der Waals surface area contributed by atoms with Gasteiger partial charge in [-0.3, -0.25) is 0 Å². The van der Waals surface area contributed by atoms with Crippen LogP contribution in [0.4, 0.5) is 0 Å². The van der Waals surface area contributed by atoms with Crippen molar-refractivity contribution in [2.45, 2.75) is 38.1 Å². The molecule has 0 aromatic heterocycles. The Morgan fingerprint density at radius 2 is 2.42 bits per heavy atom. The second-order valence-corrected chi connectivity index (χ2v) is 3.10. The molecule has 1 heterocycles. The molecule has 1 saturated heterocycles. The van der Waals surface area contributed by atoms with Crippen molar-refractivity contribution in [1.29, 1.82) is 0 Å². The number of methoxy groups -OCH3 is 1. The van der Waals surface area contributed by atoms with Gasteiger partial charge in [-0.25, -0.2) is 4.79 Å². The van der Waals surface area contributed by atoms with Crippen molar-refractivity contribution in [2.24, 2.45) is 0 Å². The van der Waals surface area contributed by atoms with Crippen molar-refractivity contribution in [2.75, 3.05) is 7.11 Å². The molecule has 2 atom stereocenters. The van der Waals surface area contributed by atoms with E-state index >= 15 is 0 Å². The van der Waals surface area contributed by atoms with Crippen molar-refractivity contribution in [1.82, 2.24) is 0 Å². The molecule has 0 amide bonds. The van der Waals surface area contributed by atoms with Gasteiger partial charge in [-0.15, -0.1) is 0 Å². The highest BCUT2D eigenvalue weighted by Gasteiger charge is 2.42. The van der Waals surface area contributed by atoms with E-state index in [9.17, 15) is 9.90 Å². The summed E-state index contributed by atoms with van der Waals surface area (Å²) in [6.07, 6.45) is 1.90. The summed E-state index contributed by atoms with van der Waals surface area (Å²) >= 11 is 0. The Kier molecular flexibility index (Phi) is 2.69. The summed E-state index contributed by atoms with van der Waals surface area (Å²) in [5.41, 5.74) is 0. The third-order valence-corrected chi connectivity index (χ3v) is 2.03. The first-order valence-electron chi connectivity index (χ1n) is 4.07. The van der Waals surface area contributed by atoms with Crippen LogP contribution < -0.4 is 0 Å². The quantitative estimate of drug-likeness (QED) is 0.586. The van der Waals surface area contributed by atoms with E-state index in [0.29, 0.717) is 6.42 Å². The molecule has 4 nitrogen and oxygen atoms in total. The van der Waals surface area contributed by atoms with Gasteiger partial charge in [0.1, 0.15) is 0 Å². The zero-order chi connectivity index (χ0) is 9.19. The van der Waals surface area contributed by atoms with Gasteiger partial charge < -0.3 is 14.6 Å². The summed E-state index contributed by atoms with van der Waals surface area (Å²) in [6, 6.07) is 0. The number of rotatable bonds is 1. The van der Waals surface area contributed by atoms with Crippen molar-refractivity contribution < 1.29 is 19.4 Å². The Labute approximate surface area is 71.5 Å². The maximum absolute atomic E-state index is 11.0. The van der Waals surface area contributed by atoms with E-state index in [1.54, 1.807) is 0 Å². The summed E-state index contributed by atoms with van der Waals surface area (Å²) in [7, 11) is 1.24. The molecule has 0 bridgehead atoms. The fourth-order valence-corrected chi connectivity index (χ4v) is 1.39. The third kappa shape index (κ3) is 1.76. The lowest BCUT2D eigenvalue weighted by Crippen LogP contribution is -2.47. The molecular weight excluding hydrogens is 160 g/mol. The Balaban J connectivity index is 2.63. The van der Waals surface area contributed by atoms with Crippen LogP contribution in [0.2, 0.25) is 0 Å². The minimum atomic E-state index is -1.70. The lowest BCUT2D eigenvalue weighted by atomic mass is 10.0. The maximum atomic E-state index is 11.0. The van der Waals surface area contributed by atoms with E-state index in [1.807, 2.05) is 6.92 Å². The molecule has 1 rings (SSSR count). The van der Waals surface area contributed by atoms with E-state index in [0.717, 1.165) is 12.8 Å². The molecule has 0 spiro atoms. The molecule has 70 valence electrons. The Bertz CT molecular complexity index is 180. The van der Waals surface area contributed by atoms with Crippen LogP contribution in [0.1, 0.15) is 26.2 Å². The molecule has 1 fully saturated rings. The average Bonchev–Trinajstić information content (AvgIpc) is 2.02. The topological polar surface area (TPSA) is 55.8 Å². The number of hydrogen-bond acceptors (Lipinski definition) is 4. The van der Waals surface area contributed by atoms with Crippen molar-refractivity contribution in [3.05, 3.63) is 0 Å². The summed E-state index contributed by atoms with van der Waals surface area (Å²) in [6.45, 7) is 1.83. The molecule has 0 aromatic rings. The van der Waals surface area contributed by atoms with E-state index < -0.39 is 11.8 Å². The molecule has 0 aromatic carbocycles. The van der Waals surface area contributed by atoms with E-state index in [2.05, 4.69) is 4.74 Å².